The van der Waals surface area contributed by atoms with Crippen molar-refractivity contribution in [3.05, 3.63) is 59.7 Å². The Kier molecular flexibility index (Phi) is 7.12. The molecule has 2 N–H and O–H groups in total. The number of carbonyl (C=O) groups is 2. The van der Waals surface area contributed by atoms with Gasteiger partial charge in [0.25, 0.3) is 11.8 Å². The number of benzene rings is 2. The monoisotopic (exact) mass is 398 g/mol. The van der Waals surface area contributed by atoms with Crippen LogP contribution < -0.4 is 15.6 Å². The van der Waals surface area contributed by atoms with Crippen LogP contribution in [0.3, 0.4) is 0 Å². The molecule has 0 aliphatic heterocycles. The van der Waals surface area contributed by atoms with Crippen LogP contribution in [-0.4, -0.2) is 23.9 Å². The van der Waals surface area contributed by atoms with Crippen molar-refractivity contribution < 1.29 is 27.5 Å². The molecule has 27 heavy (non-hydrogen) atoms. The Morgan fingerprint density at radius 2 is 1.63 bits per heavy atom. The van der Waals surface area contributed by atoms with E-state index in [2.05, 4.69) is 10.9 Å². The van der Waals surface area contributed by atoms with Gasteiger partial charge in [-0.05, 0) is 60.1 Å². The van der Waals surface area contributed by atoms with E-state index in [1.807, 2.05) is 19.1 Å². The molecular weight excluding hydrogens is 381 g/mol. The second kappa shape index (κ2) is 9.31. The zero-order valence-corrected chi connectivity index (χ0v) is 15.1. The zero-order chi connectivity index (χ0) is 19.9. The van der Waals surface area contributed by atoms with Crippen molar-refractivity contribution in [1.29, 1.82) is 0 Å². The van der Waals surface area contributed by atoms with E-state index in [9.17, 15) is 22.8 Å². The number of rotatable bonds is 6. The van der Waals surface area contributed by atoms with Gasteiger partial charge in [0, 0.05) is 10.5 Å². The third-order valence-corrected chi connectivity index (χ3v) is 4.11. The van der Waals surface area contributed by atoms with Gasteiger partial charge in [-0.15, -0.1) is 0 Å². The average molecular weight is 398 g/mol. The van der Waals surface area contributed by atoms with Gasteiger partial charge in [0.2, 0.25) is 0 Å². The molecule has 0 fully saturated rings. The Balaban J connectivity index is 1.77. The number of thioether (sulfide) groups is 1. The molecule has 0 aliphatic carbocycles. The van der Waals surface area contributed by atoms with Gasteiger partial charge >= 0.3 is 5.51 Å². The van der Waals surface area contributed by atoms with Crippen molar-refractivity contribution in [3.8, 4) is 5.75 Å². The molecule has 2 aromatic rings. The van der Waals surface area contributed by atoms with E-state index in [-0.39, 0.29) is 28.8 Å². The molecule has 0 heterocycles. The molecule has 0 unspecified atom stereocenters. The second-order valence-electron chi connectivity index (χ2n) is 5.36. The summed E-state index contributed by atoms with van der Waals surface area (Å²) in [5.41, 5.74) is 1.20. The molecule has 2 aromatic carbocycles. The number of nitrogens with one attached hydrogen (secondary N) is 2. The van der Waals surface area contributed by atoms with Crippen molar-refractivity contribution >= 4 is 23.6 Å². The summed E-state index contributed by atoms with van der Waals surface area (Å²) in [7, 11) is 0. The number of alkyl halides is 3. The molecule has 0 saturated carbocycles. The molecule has 5 nitrogen and oxygen atoms in total. The summed E-state index contributed by atoms with van der Waals surface area (Å²) < 4.78 is 42.1. The lowest BCUT2D eigenvalue weighted by atomic mass is 10.2. The SMILES string of the molecule is CCc1ccc(OCC(=O)NNC(=O)c2ccc(SC(F)(F)F)cc2)cc1. The molecule has 0 aromatic heterocycles. The first-order chi connectivity index (χ1) is 12.8. The van der Waals surface area contributed by atoms with Crippen LogP contribution in [0.1, 0.15) is 22.8 Å². The highest BCUT2D eigenvalue weighted by Crippen LogP contribution is 2.36. The van der Waals surface area contributed by atoms with E-state index in [0.717, 1.165) is 12.0 Å². The third kappa shape index (κ3) is 7.22. The molecule has 0 radical (unpaired) electrons. The maximum atomic E-state index is 12.3. The Morgan fingerprint density at radius 3 is 2.19 bits per heavy atom. The average Bonchev–Trinajstić information content (AvgIpc) is 2.64. The van der Waals surface area contributed by atoms with Crippen molar-refractivity contribution in [2.45, 2.75) is 23.7 Å². The van der Waals surface area contributed by atoms with Crippen molar-refractivity contribution in [1.82, 2.24) is 10.9 Å². The fraction of sp³-hybridized carbons (Fsp3) is 0.222. The first kappa shape index (κ1) is 20.6. The number of hydrogen-bond donors (Lipinski definition) is 2. The van der Waals surface area contributed by atoms with Crippen LogP contribution in [0.2, 0.25) is 0 Å². The van der Waals surface area contributed by atoms with E-state index in [1.165, 1.54) is 24.3 Å². The van der Waals surface area contributed by atoms with Gasteiger partial charge in [0.1, 0.15) is 5.75 Å². The normalized spacial score (nSPS) is 11.0. The van der Waals surface area contributed by atoms with Crippen LogP contribution in [-0.2, 0) is 11.2 Å². The first-order valence-electron chi connectivity index (χ1n) is 7.93. The fourth-order valence-corrected chi connectivity index (χ4v) is 2.55. The van der Waals surface area contributed by atoms with Gasteiger partial charge in [0.05, 0.1) is 0 Å². The lowest BCUT2D eigenvalue weighted by Crippen LogP contribution is -2.43. The van der Waals surface area contributed by atoms with Crippen molar-refractivity contribution in [2.24, 2.45) is 0 Å². The first-order valence-corrected chi connectivity index (χ1v) is 8.75. The number of halogens is 3. The minimum Gasteiger partial charge on any atom is -0.484 e. The van der Waals surface area contributed by atoms with Crippen LogP contribution in [0.15, 0.2) is 53.4 Å². The summed E-state index contributed by atoms with van der Waals surface area (Å²) in [6.45, 7) is 1.72. The number of hydrazine groups is 1. The standard InChI is InChI=1S/C18H17F3N2O3S/c1-2-12-3-7-14(8-4-12)26-11-16(24)22-23-17(25)13-5-9-15(10-6-13)27-18(19,20)21/h3-10H,2,11H2,1H3,(H,22,24)(H,23,25). The van der Waals surface area contributed by atoms with E-state index in [1.54, 1.807) is 12.1 Å². The smallest absolute Gasteiger partial charge is 0.446 e. The van der Waals surface area contributed by atoms with Crippen LogP contribution in [0.25, 0.3) is 0 Å². The summed E-state index contributed by atoms with van der Waals surface area (Å²) in [6.07, 6.45) is 0.892. The predicted octanol–water partition coefficient (Wildman–Crippen LogP) is 3.70. The lowest BCUT2D eigenvalue weighted by molar-refractivity contribution is -0.123. The number of carbonyl (C=O) groups excluding carboxylic acids is 2. The molecule has 0 bridgehead atoms. The highest BCUT2D eigenvalue weighted by molar-refractivity contribution is 8.00. The maximum absolute atomic E-state index is 12.3. The summed E-state index contributed by atoms with van der Waals surface area (Å²) in [5, 5.41) is 0. The third-order valence-electron chi connectivity index (χ3n) is 3.37. The van der Waals surface area contributed by atoms with Crippen LogP contribution in [0.4, 0.5) is 13.2 Å². The summed E-state index contributed by atoms with van der Waals surface area (Å²) in [6, 6.07) is 12.1. The number of amides is 2. The number of hydrogen-bond acceptors (Lipinski definition) is 4. The van der Waals surface area contributed by atoms with Gasteiger partial charge in [-0.1, -0.05) is 19.1 Å². The van der Waals surface area contributed by atoms with E-state index < -0.39 is 17.3 Å². The fourth-order valence-electron chi connectivity index (χ4n) is 2.01. The Morgan fingerprint density at radius 1 is 1.00 bits per heavy atom. The van der Waals surface area contributed by atoms with Gasteiger partial charge in [0.15, 0.2) is 6.61 Å². The molecule has 0 aliphatic rings. The summed E-state index contributed by atoms with van der Waals surface area (Å²) >= 11 is -0.272. The van der Waals surface area contributed by atoms with E-state index in [0.29, 0.717) is 5.75 Å². The molecule has 144 valence electrons. The van der Waals surface area contributed by atoms with Crippen molar-refractivity contribution in [2.75, 3.05) is 6.61 Å². The topological polar surface area (TPSA) is 67.4 Å². The lowest BCUT2D eigenvalue weighted by Gasteiger charge is -2.10. The Hall–Kier alpha value is -2.68. The Labute approximate surface area is 158 Å². The summed E-state index contributed by atoms with van der Waals surface area (Å²) in [5.74, 6) is -0.710. The molecular formula is C18H17F3N2O3S. The van der Waals surface area contributed by atoms with Gasteiger partial charge in [-0.3, -0.25) is 20.4 Å². The van der Waals surface area contributed by atoms with Crippen LogP contribution in [0, 0.1) is 0 Å². The predicted molar refractivity (Wildman–Crippen MR) is 95.3 cm³/mol. The van der Waals surface area contributed by atoms with Crippen molar-refractivity contribution in [3.63, 3.8) is 0 Å². The number of ether oxygens (including phenoxy) is 1. The quantitative estimate of drug-likeness (QED) is 0.575. The van der Waals surface area contributed by atoms with Crippen LogP contribution in [0.5, 0.6) is 5.75 Å². The largest absolute Gasteiger partial charge is 0.484 e. The minimum atomic E-state index is -4.39. The molecule has 2 amide bonds. The van der Waals surface area contributed by atoms with E-state index in [4.69, 9.17) is 4.74 Å². The Bertz CT molecular complexity index is 778. The molecule has 2 rings (SSSR count). The minimum absolute atomic E-state index is 0.0365. The molecule has 0 spiro atoms. The molecule has 9 heteroatoms. The highest BCUT2D eigenvalue weighted by atomic mass is 32.2. The maximum Gasteiger partial charge on any atom is 0.446 e. The van der Waals surface area contributed by atoms with Gasteiger partial charge < -0.3 is 4.74 Å². The van der Waals surface area contributed by atoms with Gasteiger partial charge in [-0.2, -0.15) is 13.2 Å². The van der Waals surface area contributed by atoms with E-state index >= 15 is 0 Å². The summed E-state index contributed by atoms with van der Waals surface area (Å²) in [4.78, 5) is 23.6. The molecule has 0 atom stereocenters. The van der Waals surface area contributed by atoms with Gasteiger partial charge in [-0.25, -0.2) is 0 Å². The van der Waals surface area contributed by atoms with Crippen LogP contribution >= 0.6 is 11.8 Å². The second-order valence-corrected chi connectivity index (χ2v) is 6.50. The zero-order valence-electron chi connectivity index (χ0n) is 14.3. The number of aryl methyl sites for hydroxylation is 1. The molecule has 0 saturated heterocycles. The highest BCUT2D eigenvalue weighted by Gasteiger charge is 2.29.